The van der Waals surface area contributed by atoms with Crippen LogP contribution in [0.5, 0.6) is 0 Å². The zero-order chi connectivity index (χ0) is 21.0. The van der Waals surface area contributed by atoms with Gasteiger partial charge in [0.25, 0.3) is 0 Å². The Morgan fingerprint density at radius 1 is 1.18 bits per heavy atom. The van der Waals surface area contributed by atoms with Crippen LogP contribution in [-0.2, 0) is 9.59 Å². The van der Waals surface area contributed by atoms with Crippen LogP contribution in [0.15, 0.2) is 12.2 Å². The quantitative estimate of drug-likeness (QED) is 0.290. The summed E-state index contributed by atoms with van der Waals surface area (Å²) in [5, 5.41) is 29.4. The van der Waals surface area contributed by atoms with Gasteiger partial charge in [-0.15, -0.1) is 0 Å². The summed E-state index contributed by atoms with van der Waals surface area (Å²) in [5.74, 6) is -0.289. The molecule has 1 fully saturated rings. The molecule has 0 heterocycles. The summed E-state index contributed by atoms with van der Waals surface area (Å²) < 4.78 is 0. The molecule has 0 aromatic carbocycles. The van der Waals surface area contributed by atoms with E-state index < -0.39 is 11.7 Å². The molecule has 0 aromatic heterocycles. The van der Waals surface area contributed by atoms with E-state index in [4.69, 9.17) is 5.11 Å². The minimum atomic E-state index is -0.735. The van der Waals surface area contributed by atoms with E-state index in [1.807, 2.05) is 19.1 Å². The second kappa shape index (κ2) is 13.2. The maximum Gasteiger partial charge on any atom is 0.158 e. The molecule has 1 saturated carbocycles. The predicted octanol–water partition coefficient (Wildman–Crippen LogP) is 3.73. The average molecular weight is 397 g/mol. The third-order valence-corrected chi connectivity index (χ3v) is 5.86. The van der Waals surface area contributed by atoms with Crippen LogP contribution in [0.3, 0.4) is 0 Å². The minimum Gasteiger partial charge on any atom is -0.392 e. The van der Waals surface area contributed by atoms with Crippen molar-refractivity contribution < 1.29 is 24.9 Å². The molecule has 1 rings (SSSR count). The first-order chi connectivity index (χ1) is 13.3. The van der Waals surface area contributed by atoms with Gasteiger partial charge < -0.3 is 15.3 Å². The molecular formula is C23H40O5. The van der Waals surface area contributed by atoms with Crippen LogP contribution in [0.2, 0.25) is 0 Å². The first-order valence-electron chi connectivity index (χ1n) is 11.0. The lowest BCUT2D eigenvalue weighted by Gasteiger charge is -2.22. The van der Waals surface area contributed by atoms with Crippen molar-refractivity contribution >= 4 is 11.6 Å². The highest BCUT2D eigenvalue weighted by Crippen LogP contribution is 2.34. The average Bonchev–Trinajstić information content (AvgIpc) is 2.91. The number of Topliss-reactive ketones (excluding diaryl/α,β-unsaturated/α-hetero) is 2. The second-order valence-corrected chi connectivity index (χ2v) is 8.66. The van der Waals surface area contributed by atoms with E-state index in [1.54, 1.807) is 0 Å². The Morgan fingerprint density at radius 2 is 1.89 bits per heavy atom. The Hall–Kier alpha value is -1.04. The highest BCUT2D eigenvalue weighted by atomic mass is 16.3. The number of rotatable bonds is 15. The van der Waals surface area contributed by atoms with Crippen LogP contribution in [0.25, 0.3) is 0 Å². The normalized spacial score (nSPS) is 24.8. The molecule has 5 nitrogen and oxygen atoms in total. The van der Waals surface area contributed by atoms with Crippen molar-refractivity contribution in [2.24, 2.45) is 11.8 Å². The summed E-state index contributed by atoms with van der Waals surface area (Å²) in [4.78, 5) is 23.3. The number of aliphatic hydroxyl groups excluding tert-OH is 2. The summed E-state index contributed by atoms with van der Waals surface area (Å²) in [6.07, 6.45) is 12.7. The van der Waals surface area contributed by atoms with Gasteiger partial charge in [0.1, 0.15) is 12.4 Å². The van der Waals surface area contributed by atoms with E-state index >= 15 is 0 Å². The fraction of sp³-hybridized carbons (Fsp3) is 0.826. The van der Waals surface area contributed by atoms with Gasteiger partial charge in [-0.05, 0) is 32.6 Å². The van der Waals surface area contributed by atoms with Gasteiger partial charge in [0, 0.05) is 24.7 Å². The molecule has 3 N–H and O–H groups in total. The molecule has 4 atom stereocenters. The molecule has 0 saturated heterocycles. The minimum absolute atomic E-state index is 0.120. The number of hydrogen-bond acceptors (Lipinski definition) is 5. The predicted molar refractivity (Wildman–Crippen MR) is 111 cm³/mol. The van der Waals surface area contributed by atoms with Crippen molar-refractivity contribution in [1.82, 2.24) is 0 Å². The van der Waals surface area contributed by atoms with Crippen LogP contribution >= 0.6 is 0 Å². The SMILES string of the molecule is CCCCCC(C)(O)C/C=C/[C@H]1[C@H](O)CC(=O)[C@@H]1CCCCCCC(=O)CO. The maximum atomic E-state index is 12.3. The van der Waals surface area contributed by atoms with Crippen LogP contribution in [0.1, 0.15) is 90.9 Å². The largest absolute Gasteiger partial charge is 0.392 e. The lowest BCUT2D eigenvalue weighted by molar-refractivity contribution is -0.122. The highest BCUT2D eigenvalue weighted by molar-refractivity contribution is 5.84. The number of carbonyl (C=O) groups is 2. The molecule has 162 valence electrons. The van der Waals surface area contributed by atoms with E-state index in [-0.39, 0.29) is 36.4 Å². The molecule has 1 aliphatic carbocycles. The van der Waals surface area contributed by atoms with Crippen molar-refractivity contribution in [3.63, 3.8) is 0 Å². The fourth-order valence-corrected chi connectivity index (χ4v) is 4.05. The Morgan fingerprint density at radius 3 is 2.57 bits per heavy atom. The molecule has 1 aliphatic rings. The Balaban J connectivity index is 2.41. The number of carbonyl (C=O) groups excluding carboxylic acids is 2. The lowest BCUT2D eigenvalue weighted by atomic mass is 9.87. The van der Waals surface area contributed by atoms with E-state index in [1.165, 1.54) is 0 Å². The van der Waals surface area contributed by atoms with E-state index in [9.17, 15) is 19.8 Å². The number of aliphatic hydroxyl groups is 3. The Labute approximate surface area is 170 Å². The van der Waals surface area contributed by atoms with Crippen LogP contribution in [0.4, 0.5) is 0 Å². The Kier molecular flexibility index (Phi) is 11.8. The van der Waals surface area contributed by atoms with Gasteiger partial charge in [-0.1, -0.05) is 57.6 Å². The van der Waals surface area contributed by atoms with E-state index in [0.717, 1.165) is 57.8 Å². The van der Waals surface area contributed by atoms with Gasteiger partial charge in [0.05, 0.1) is 11.7 Å². The molecule has 0 aliphatic heterocycles. The third-order valence-electron chi connectivity index (χ3n) is 5.86. The van der Waals surface area contributed by atoms with Crippen molar-refractivity contribution in [2.45, 2.75) is 103 Å². The topological polar surface area (TPSA) is 94.8 Å². The molecule has 0 amide bonds. The number of unbranched alkanes of at least 4 members (excludes halogenated alkanes) is 5. The van der Waals surface area contributed by atoms with E-state index in [0.29, 0.717) is 12.8 Å². The summed E-state index contributed by atoms with van der Waals surface area (Å²) in [6.45, 7) is 3.61. The number of ketones is 2. The van der Waals surface area contributed by atoms with Crippen molar-refractivity contribution in [3.05, 3.63) is 12.2 Å². The Bertz CT molecular complexity index is 497. The third kappa shape index (κ3) is 9.44. The summed E-state index contributed by atoms with van der Waals surface area (Å²) in [6, 6.07) is 0. The van der Waals surface area contributed by atoms with Gasteiger partial charge in [0.2, 0.25) is 0 Å². The molecule has 1 unspecified atom stereocenters. The molecule has 28 heavy (non-hydrogen) atoms. The number of hydrogen-bond donors (Lipinski definition) is 3. The zero-order valence-corrected chi connectivity index (χ0v) is 17.7. The second-order valence-electron chi connectivity index (χ2n) is 8.66. The molecule has 0 radical (unpaired) electrons. The van der Waals surface area contributed by atoms with Gasteiger partial charge in [-0.3, -0.25) is 9.59 Å². The molecule has 5 heteroatoms. The van der Waals surface area contributed by atoms with Crippen LogP contribution < -0.4 is 0 Å². The van der Waals surface area contributed by atoms with Gasteiger partial charge in [-0.2, -0.15) is 0 Å². The first-order valence-corrected chi connectivity index (χ1v) is 11.0. The highest BCUT2D eigenvalue weighted by Gasteiger charge is 2.39. The van der Waals surface area contributed by atoms with Crippen LogP contribution in [0, 0.1) is 11.8 Å². The first kappa shape index (κ1) is 25.0. The van der Waals surface area contributed by atoms with Gasteiger partial charge in [0.15, 0.2) is 5.78 Å². The van der Waals surface area contributed by atoms with Crippen molar-refractivity contribution in [2.75, 3.05) is 6.61 Å². The molecular weight excluding hydrogens is 356 g/mol. The standard InChI is InChI=1S/C23H40O5/c1-3-4-9-14-23(2,28)15-10-13-20-19(21(26)16-22(20)27)12-8-6-5-7-11-18(25)17-24/h10,13,19-20,22,24,27-28H,3-9,11-12,14-17H2,1-2H3/b13-10+/t19-,20-,22-,23?/m1/s1. The van der Waals surface area contributed by atoms with Crippen molar-refractivity contribution in [1.29, 1.82) is 0 Å². The molecule has 0 bridgehead atoms. The monoisotopic (exact) mass is 396 g/mol. The maximum absolute atomic E-state index is 12.3. The smallest absolute Gasteiger partial charge is 0.158 e. The summed E-state index contributed by atoms with van der Waals surface area (Å²) in [5.41, 5.74) is -0.735. The van der Waals surface area contributed by atoms with Crippen molar-refractivity contribution in [3.8, 4) is 0 Å². The van der Waals surface area contributed by atoms with Gasteiger partial charge >= 0.3 is 0 Å². The fourth-order valence-electron chi connectivity index (χ4n) is 4.05. The van der Waals surface area contributed by atoms with Crippen LogP contribution in [-0.4, -0.2) is 45.2 Å². The van der Waals surface area contributed by atoms with E-state index in [2.05, 4.69) is 6.92 Å². The zero-order valence-electron chi connectivity index (χ0n) is 17.7. The summed E-state index contributed by atoms with van der Waals surface area (Å²) >= 11 is 0. The molecule has 0 aromatic rings. The summed E-state index contributed by atoms with van der Waals surface area (Å²) in [7, 11) is 0. The molecule has 0 spiro atoms. The lowest BCUT2D eigenvalue weighted by Crippen LogP contribution is -2.23. The van der Waals surface area contributed by atoms with Gasteiger partial charge in [-0.25, -0.2) is 0 Å².